The highest BCUT2D eigenvalue weighted by atomic mass is 16.2. The van der Waals surface area contributed by atoms with Crippen LogP contribution in [0.5, 0.6) is 0 Å². The Bertz CT molecular complexity index is 122. The number of carbonyl (C=O) groups is 1. The zero-order valence-electron chi connectivity index (χ0n) is 5.79. The maximum atomic E-state index is 10.8. The van der Waals surface area contributed by atoms with Crippen LogP contribution in [0, 0.1) is 0 Å². The molecule has 9 heavy (non-hydrogen) atoms. The van der Waals surface area contributed by atoms with Crippen LogP contribution in [-0.4, -0.2) is 30.1 Å². The van der Waals surface area contributed by atoms with Crippen LogP contribution < -0.4 is 5.32 Å². The van der Waals surface area contributed by atoms with Gasteiger partial charge in [0.2, 0.25) is 0 Å². The summed E-state index contributed by atoms with van der Waals surface area (Å²) >= 11 is 0. The van der Waals surface area contributed by atoms with Crippen molar-refractivity contribution in [1.82, 2.24) is 10.2 Å². The molecule has 0 saturated carbocycles. The van der Waals surface area contributed by atoms with Gasteiger partial charge in [-0.15, -0.1) is 0 Å². The molecule has 51 valence electrons. The lowest BCUT2D eigenvalue weighted by Gasteiger charge is -2.17. The van der Waals surface area contributed by atoms with Crippen LogP contribution in [0.15, 0.2) is 0 Å². The van der Waals surface area contributed by atoms with E-state index in [1.807, 2.05) is 13.8 Å². The van der Waals surface area contributed by atoms with Crippen LogP contribution >= 0.6 is 0 Å². The van der Waals surface area contributed by atoms with Gasteiger partial charge in [-0.25, -0.2) is 10.1 Å². The van der Waals surface area contributed by atoms with Crippen LogP contribution in [0.2, 0.25) is 0 Å². The average Bonchev–Trinajstić information content (AvgIpc) is 2.13. The van der Waals surface area contributed by atoms with Gasteiger partial charge >= 0.3 is 6.03 Å². The number of hydrogen-bond donors (Lipinski definition) is 0. The van der Waals surface area contributed by atoms with Gasteiger partial charge in [-0.05, 0) is 13.8 Å². The quantitative estimate of drug-likeness (QED) is 0.503. The minimum absolute atomic E-state index is 0.0509. The van der Waals surface area contributed by atoms with E-state index in [9.17, 15) is 4.79 Å². The molecule has 0 aromatic carbocycles. The van der Waals surface area contributed by atoms with Gasteiger partial charge in [0.05, 0.1) is 6.54 Å². The second-order valence-electron chi connectivity index (χ2n) is 2.45. The van der Waals surface area contributed by atoms with Gasteiger partial charge in [-0.1, -0.05) is 0 Å². The van der Waals surface area contributed by atoms with Gasteiger partial charge in [0.1, 0.15) is 0 Å². The highest BCUT2D eigenvalue weighted by Gasteiger charge is 2.22. The average molecular weight is 127 g/mol. The third kappa shape index (κ3) is 1.15. The zero-order chi connectivity index (χ0) is 6.85. The van der Waals surface area contributed by atoms with Crippen molar-refractivity contribution in [3.8, 4) is 0 Å². The summed E-state index contributed by atoms with van der Waals surface area (Å²) in [4.78, 5) is 12.5. The molecule has 1 heterocycles. The zero-order valence-corrected chi connectivity index (χ0v) is 5.79. The first-order chi connectivity index (χ1) is 4.22. The van der Waals surface area contributed by atoms with Gasteiger partial charge in [0.25, 0.3) is 0 Å². The molecule has 0 aliphatic carbocycles. The van der Waals surface area contributed by atoms with E-state index in [1.165, 1.54) is 0 Å². The molecule has 3 heteroatoms. The number of urea groups is 1. The van der Waals surface area contributed by atoms with Gasteiger partial charge in [-0.2, -0.15) is 0 Å². The molecule has 0 N–H and O–H groups in total. The summed E-state index contributed by atoms with van der Waals surface area (Å²) in [6, 6.07) is 0.258. The molecule has 1 aliphatic heterocycles. The predicted molar refractivity (Wildman–Crippen MR) is 34.2 cm³/mol. The maximum Gasteiger partial charge on any atom is 0.339 e. The summed E-state index contributed by atoms with van der Waals surface area (Å²) in [5.41, 5.74) is 0. The number of nitrogens with zero attached hydrogens (tertiary/aromatic N) is 2. The lowest BCUT2D eigenvalue weighted by molar-refractivity contribution is 0.205. The summed E-state index contributed by atoms with van der Waals surface area (Å²) < 4.78 is 0. The van der Waals surface area contributed by atoms with E-state index in [4.69, 9.17) is 0 Å². The fourth-order valence-corrected chi connectivity index (χ4v) is 0.919. The Morgan fingerprint density at radius 1 is 1.67 bits per heavy atom. The van der Waals surface area contributed by atoms with Crippen molar-refractivity contribution in [3.63, 3.8) is 0 Å². The Labute approximate surface area is 55.0 Å². The minimum Gasteiger partial charge on any atom is -0.319 e. The molecule has 1 saturated heterocycles. The second kappa shape index (κ2) is 2.25. The van der Waals surface area contributed by atoms with Crippen LogP contribution in [0.1, 0.15) is 13.8 Å². The minimum atomic E-state index is -0.0509. The normalized spacial score (nSPS) is 19.0. The molecule has 1 rings (SSSR count). The SMILES string of the molecule is CC(C)N1CC[N]C1=O. The second-order valence-corrected chi connectivity index (χ2v) is 2.45. The van der Waals surface area contributed by atoms with E-state index in [-0.39, 0.29) is 6.03 Å². The Balaban J connectivity index is 2.49. The Kier molecular flexibility index (Phi) is 1.60. The van der Waals surface area contributed by atoms with E-state index in [1.54, 1.807) is 4.90 Å². The van der Waals surface area contributed by atoms with E-state index in [2.05, 4.69) is 5.32 Å². The standard InChI is InChI=1S/C6H11N2O/c1-5(2)8-4-3-7-6(8)9/h5H,3-4H2,1-2H3. The van der Waals surface area contributed by atoms with Crippen LogP contribution in [0.25, 0.3) is 0 Å². The van der Waals surface area contributed by atoms with E-state index in [0.29, 0.717) is 12.6 Å². The molecular formula is C6H11N2O. The Morgan fingerprint density at radius 3 is 2.56 bits per heavy atom. The monoisotopic (exact) mass is 127 g/mol. The number of carbonyl (C=O) groups excluding carboxylic acids is 1. The molecule has 0 aromatic heterocycles. The van der Waals surface area contributed by atoms with Gasteiger partial charge in [0, 0.05) is 12.6 Å². The highest BCUT2D eigenvalue weighted by Crippen LogP contribution is 2.02. The van der Waals surface area contributed by atoms with Crippen LogP contribution in [0.3, 0.4) is 0 Å². The van der Waals surface area contributed by atoms with E-state index >= 15 is 0 Å². The van der Waals surface area contributed by atoms with Gasteiger partial charge in [0.15, 0.2) is 0 Å². The predicted octanol–water partition coefficient (Wildman–Crippen LogP) is 0.435. The van der Waals surface area contributed by atoms with Gasteiger partial charge in [-0.3, -0.25) is 0 Å². The molecule has 0 bridgehead atoms. The molecule has 2 amide bonds. The fraction of sp³-hybridized carbons (Fsp3) is 0.833. The Morgan fingerprint density at radius 2 is 2.33 bits per heavy atom. The van der Waals surface area contributed by atoms with Crippen molar-refractivity contribution in [3.05, 3.63) is 0 Å². The van der Waals surface area contributed by atoms with Crippen molar-refractivity contribution in [1.29, 1.82) is 0 Å². The number of rotatable bonds is 1. The fourth-order valence-electron chi connectivity index (χ4n) is 0.919. The van der Waals surface area contributed by atoms with Gasteiger partial charge < -0.3 is 4.90 Å². The summed E-state index contributed by atoms with van der Waals surface area (Å²) in [5, 5.41) is 3.73. The van der Waals surface area contributed by atoms with Crippen molar-refractivity contribution < 1.29 is 4.79 Å². The first-order valence-corrected chi connectivity index (χ1v) is 3.20. The maximum absolute atomic E-state index is 10.8. The lowest BCUT2D eigenvalue weighted by Crippen LogP contribution is -2.32. The molecule has 0 aromatic rings. The molecule has 1 aliphatic rings. The summed E-state index contributed by atoms with van der Waals surface area (Å²) in [6.07, 6.45) is 0. The van der Waals surface area contributed by atoms with Crippen molar-refractivity contribution in [2.75, 3.05) is 13.1 Å². The lowest BCUT2D eigenvalue weighted by atomic mass is 10.3. The molecule has 0 unspecified atom stereocenters. The number of hydrogen-bond acceptors (Lipinski definition) is 1. The molecule has 3 nitrogen and oxygen atoms in total. The summed E-state index contributed by atoms with van der Waals surface area (Å²) in [5.74, 6) is 0. The molecule has 0 spiro atoms. The summed E-state index contributed by atoms with van der Waals surface area (Å²) in [6.45, 7) is 5.48. The van der Waals surface area contributed by atoms with Crippen molar-refractivity contribution in [2.24, 2.45) is 0 Å². The summed E-state index contributed by atoms with van der Waals surface area (Å²) in [7, 11) is 0. The largest absolute Gasteiger partial charge is 0.339 e. The topological polar surface area (TPSA) is 34.4 Å². The Hall–Kier alpha value is -0.730. The van der Waals surface area contributed by atoms with Crippen molar-refractivity contribution in [2.45, 2.75) is 19.9 Å². The van der Waals surface area contributed by atoms with Crippen LogP contribution in [0.4, 0.5) is 4.79 Å². The molecule has 1 radical (unpaired) electrons. The first kappa shape index (κ1) is 6.39. The van der Waals surface area contributed by atoms with E-state index in [0.717, 1.165) is 6.54 Å². The van der Waals surface area contributed by atoms with E-state index < -0.39 is 0 Å². The van der Waals surface area contributed by atoms with Crippen LogP contribution in [-0.2, 0) is 0 Å². The third-order valence-corrected chi connectivity index (χ3v) is 1.46. The first-order valence-electron chi connectivity index (χ1n) is 3.20. The molecule has 0 atom stereocenters. The molecular weight excluding hydrogens is 116 g/mol. The molecule has 1 fully saturated rings. The third-order valence-electron chi connectivity index (χ3n) is 1.46. The smallest absolute Gasteiger partial charge is 0.319 e. The highest BCUT2D eigenvalue weighted by molar-refractivity contribution is 5.76. The number of amides is 2. The van der Waals surface area contributed by atoms with Crippen molar-refractivity contribution >= 4 is 6.03 Å².